The monoisotopic (exact) mass is 341 g/mol. The highest BCUT2D eigenvalue weighted by Gasteiger charge is 2.21. The highest BCUT2D eigenvalue weighted by Crippen LogP contribution is 2.32. The Labute approximate surface area is 146 Å². The number of aromatic nitrogens is 3. The van der Waals surface area contributed by atoms with Crippen LogP contribution in [0.3, 0.4) is 0 Å². The van der Waals surface area contributed by atoms with Crippen LogP contribution in [-0.4, -0.2) is 21.3 Å². The molecule has 0 spiro atoms. The van der Waals surface area contributed by atoms with Gasteiger partial charge in [0.1, 0.15) is 11.9 Å². The Morgan fingerprint density at radius 3 is 2.96 bits per heavy atom. The number of furan rings is 1. The molecule has 1 aliphatic heterocycles. The molecule has 0 aliphatic carbocycles. The summed E-state index contributed by atoms with van der Waals surface area (Å²) in [6.07, 6.45) is 7.08. The first-order valence-corrected chi connectivity index (χ1v) is 8.89. The fraction of sp³-hybridized carbons (Fsp3) is 0.474. The predicted molar refractivity (Wildman–Crippen MR) is 92.2 cm³/mol. The standard InChI is InChI=1S/C19H23N3O3/c1-13(2)15-11-14(25-21-15)12-22-9-8-20-19(22)18-7-6-17(24-18)16-5-3-4-10-23-16/h6-9,11,13,16H,3-5,10,12H2,1-2H3/t16-/m0/s1. The van der Waals surface area contributed by atoms with E-state index >= 15 is 0 Å². The van der Waals surface area contributed by atoms with Crippen LogP contribution in [0.1, 0.15) is 62.3 Å². The van der Waals surface area contributed by atoms with E-state index in [1.807, 2.05) is 29.0 Å². The Hall–Kier alpha value is -2.34. The molecule has 0 saturated carbocycles. The molecule has 1 saturated heterocycles. The van der Waals surface area contributed by atoms with E-state index in [1.165, 1.54) is 6.42 Å². The molecule has 3 aromatic heterocycles. The summed E-state index contributed by atoms with van der Waals surface area (Å²) in [5, 5.41) is 4.12. The Balaban J connectivity index is 1.53. The van der Waals surface area contributed by atoms with Gasteiger partial charge in [-0.15, -0.1) is 0 Å². The lowest BCUT2D eigenvalue weighted by atomic mass is 10.1. The highest BCUT2D eigenvalue weighted by atomic mass is 16.5. The van der Waals surface area contributed by atoms with Crippen LogP contribution in [0.4, 0.5) is 0 Å². The first kappa shape index (κ1) is 16.1. The smallest absolute Gasteiger partial charge is 0.176 e. The van der Waals surface area contributed by atoms with Gasteiger partial charge in [-0.3, -0.25) is 0 Å². The van der Waals surface area contributed by atoms with Gasteiger partial charge in [-0.25, -0.2) is 4.98 Å². The van der Waals surface area contributed by atoms with Crippen LogP contribution in [-0.2, 0) is 11.3 Å². The molecule has 4 heterocycles. The zero-order valence-electron chi connectivity index (χ0n) is 14.6. The molecule has 3 aromatic rings. The molecule has 0 amide bonds. The second-order valence-corrected chi connectivity index (χ2v) is 6.81. The Kier molecular flexibility index (Phi) is 4.44. The van der Waals surface area contributed by atoms with Crippen molar-refractivity contribution in [3.05, 3.63) is 47.8 Å². The molecule has 4 rings (SSSR count). The first-order valence-electron chi connectivity index (χ1n) is 8.89. The third kappa shape index (κ3) is 3.39. The number of rotatable bonds is 5. The van der Waals surface area contributed by atoms with Gasteiger partial charge in [0.2, 0.25) is 0 Å². The maximum absolute atomic E-state index is 6.03. The van der Waals surface area contributed by atoms with Crippen molar-refractivity contribution in [2.24, 2.45) is 0 Å². The van der Waals surface area contributed by atoms with Crippen LogP contribution in [0.2, 0.25) is 0 Å². The van der Waals surface area contributed by atoms with E-state index in [0.29, 0.717) is 12.5 Å². The van der Waals surface area contributed by atoms with E-state index < -0.39 is 0 Å². The van der Waals surface area contributed by atoms with Crippen LogP contribution in [0.25, 0.3) is 11.6 Å². The van der Waals surface area contributed by atoms with Crippen molar-refractivity contribution in [2.45, 2.75) is 51.7 Å². The molecule has 6 nitrogen and oxygen atoms in total. The lowest BCUT2D eigenvalue weighted by Gasteiger charge is -2.20. The topological polar surface area (TPSA) is 66.2 Å². The normalized spacial score (nSPS) is 18.1. The molecule has 1 fully saturated rings. The van der Waals surface area contributed by atoms with Crippen molar-refractivity contribution >= 4 is 0 Å². The molecule has 1 aliphatic rings. The molecule has 0 N–H and O–H groups in total. The summed E-state index contributed by atoms with van der Waals surface area (Å²) >= 11 is 0. The number of ether oxygens (including phenoxy) is 1. The summed E-state index contributed by atoms with van der Waals surface area (Å²) < 4.78 is 19.3. The first-order chi connectivity index (χ1) is 12.2. The van der Waals surface area contributed by atoms with Gasteiger partial charge in [0.25, 0.3) is 0 Å². The van der Waals surface area contributed by atoms with Gasteiger partial charge < -0.3 is 18.2 Å². The van der Waals surface area contributed by atoms with Gasteiger partial charge in [0.15, 0.2) is 17.3 Å². The maximum atomic E-state index is 6.03. The SMILES string of the molecule is CC(C)c1cc(Cn2ccnc2-c2ccc([C@@H]3CCCCO3)o2)on1. The third-order valence-electron chi connectivity index (χ3n) is 4.55. The van der Waals surface area contributed by atoms with Crippen molar-refractivity contribution in [1.29, 1.82) is 0 Å². The second-order valence-electron chi connectivity index (χ2n) is 6.81. The van der Waals surface area contributed by atoms with Crippen LogP contribution in [0, 0.1) is 0 Å². The van der Waals surface area contributed by atoms with Gasteiger partial charge in [-0.2, -0.15) is 0 Å². The minimum atomic E-state index is 0.0637. The van der Waals surface area contributed by atoms with E-state index in [9.17, 15) is 0 Å². The van der Waals surface area contributed by atoms with E-state index in [-0.39, 0.29) is 6.10 Å². The minimum absolute atomic E-state index is 0.0637. The molecular weight excluding hydrogens is 318 g/mol. The maximum Gasteiger partial charge on any atom is 0.176 e. The van der Waals surface area contributed by atoms with Crippen LogP contribution in [0.15, 0.2) is 39.5 Å². The summed E-state index contributed by atoms with van der Waals surface area (Å²) in [6.45, 7) is 5.58. The van der Waals surface area contributed by atoms with E-state index in [1.54, 1.807) is 6.20 Å². The van der Waals surface area contributed by atoms with E-state index in [0.717, 1.165) is 48.2 Å². The average molecular weight is 341 g/mol. The van der Waals surface area contributed by atoms with Crippen molar-refractivity contribution in [3.63, 3.8) is 0 Å². The molecule has 132 valence electrons. The Bertz CT molecular complexity index is 824. The van der Waals surface area contributed by atoms with Gasteiger partial charge in [-0.1, -0.05) is 19.0 Å². The predicted octanol–water partition coefficient (Wildman–Crippen LogP) is 4.54. The van der Waals surface area contributed by atoms with Crippen LogP contribution < -0.4 is 0 Å². The molecule has 1 atom stereocenters. The van der Waals surface area contributed by atoms with Gasteiger partial charge >= 0.3 is 0 Å². The van der Waals surface area contributed by atoms with Gasteiger partial charge in [0.05, 0.1) is 12.2 Å². The molecule has 6 heteroatoms. The number of imidazole rings is 1. The molecule has 0 radical (unpaired) electrons. The second kappa shape index (κ2) is 6.88. The largest absolute Gasteiger partial charge is 0.455 e. The van der Waals surface area contributed by atoms with Crippen molar-refractivity contribution < 1.29 is 13.7 Å². The van der Waals surface area contributed by atoms with E-state index in [2.05, 4.69) is 24.0 Å². The fourth-order valence-corrected chi connectivity index (χ4v) is 3.12. The average Bonchev–Trinajstić information content (AvgIpc) is 3.36. The Morgan fingerprint density at radius 2 is 2.20 bits per heavy atom. The fourth-order valence-electron chi connectivity index (χ4n) is 3.12. The lowest BCUT2D eigenvalue weighted by Crippen LogP contribution is -2.10. The number of nitrogens with zero attached hydrogens (tertiary/aromatic N) is 3. The quantitative estimate of drug-likeness (QED) is 0.681. The van der Waals surface area contributed by atoms with Crippen molar-refractivity contribution in [3.8, 4) is 11.6 Å². The Morgan fingerprint density at radius 1 is 1.28 bits per heavy atom. The van der Waals surface area contributed by atoms with Crippen LogP contribution in [0.5, 0.6) is 0 Å². The zero-order valence-corrected chi connectivity index (χ0v) is 14.6. The summed E-state index contributed by atoms with van der Waals surface area (Å²) in [6, 6.07) is 5.96. The molecule has 0 bridgehead atoms. The van der Waals surface area contributed by atoms with Crippen molar-refractivity contribution in [1.82, 2.24) is 14.7 Å². The molecule has 0 unspecified atom stereocenters. The summed E-state index contributed by atoms with van der Waals surface area (Å²) in [5.74, 6) is 3.57. The van der Waals surface area contributed by atoms with Crippen molar-refractivity contribution in [2.75, 3.05) is 6.61 Å². The molecular formula is C19H23N3O3. The molecule has 0 aromatic carbocycles. The van der Waals surface area contributed by atoms with Gasteiger partial charge in [0, 0.05) is 25.1 Å². The highest BCUT2D eigenvalue weighted by molar-refractivity contribution is 5.48. The number of hydrogen-bond acceptors (Lipinski definition) is 5. The molecule has 25 heavy (non-hydrogen) atoms. The lowest BCUT2D eigenvalue weighted by molar-refractivity contribution is 0.00218. The van der Waals surface area contributed by atoms with Crippen LogP contribution >= 0.6 is 0 Å². The summed E-state index contributed by atoms with van der Waals surface area (Å²) in [7, 11) is 0. The summed E-state index contributed by atoms with van der Waals surface area (Å²) in [4.78, 5) is 4.45. The van der Waals surface area contributed by atoms with Gasteiger partial charge in [-0.05, 0) is 37.3 Å². The van der Waals surface area contributed by atoms with E-state index in [4.69, 9.17) is 13.7 Å². The minimum Gasteiger partial charge on any atom is -0.455 e. The summed E-state index contributed by atoms with van der Waals surface area (Å²) in [5.41, 5.74) is 0.964. The zero-order chi connectivity index (χ0) is 17.2. The number of hydrogen-bond donors (Lipinski definition) is 0. The third-order valence-corrected chi connectivity index (χ3v) is 4.55.